The van der Waals surface area contributed by atoms with Crippen LogP contribution in [0.1, 0.15) is 57.8 Å². The number of aromatic nitrogens is 2. The van der Waals surface area contributed by atoms with Gasteiger partial charge in [0.05, 0.1) is 23.0 Å². The van der Waals surface area contributed by atoms with Crippen LogP contribution in [0.3, 0.4) is 0 Å². The van der Waals surface area contributed by atoms with Gasteiger partial charge in [-0.1, -0.05) is 38.8 Å². The highest BCUT2D eigenvalue weighted by Crippen LogP contribution is 2.30. The van der Waals surface area contributed by atoms with E-state index in [-0.39, 0.29) is 29.7 Å². The molecule has 0 unspecified atom stereocenters. The van der Waals surface area contributed by atoms with Crippen LogP contribution in [0.4, 0.5) is 0 Å². The Bertz CT molecular complexity index is 805. The number of rotatable bonds is 5. The van der Waals surface area contributed by atoms with Gasteiger partial charge in [0, 0.05) is 19.0 Å². The summed E-state index contributed by atoms with van der Waals surface area (Å²) in [7, 11) is 0. The topological polar surface area (TPSA) is 78.1 Å². The van der Waals surface area contributed by atoms with Crippen LogP contribution in [0.5, 0.6) is 0 Å². The quantitative estimate of drug-likeness (QED) is 0.851. The molecule has 0 bridgehead atoms. The average molecular weight is 368 g/mol. The standard InChI is InChI=1S/C21H28N4O2/c1-13(2)19(20-22-16-9-5-6-10-17(16)23-20)24-21(27)14-11-18(26)25(12-14)15-7-3-4-8-15/h5-6,9-10,13-15,19H,3-4,7-8,11-12H2,1-2H3,(H,22,23)(H,24,27)/t14-,19-/m1/s1. The van der Waals surface area contributed by atoms with E-state index >= 15 is 0 Å². The number of benzene rings is 1. The molecule has 1 saturated carbocycles. The minimum absolute atomic E-state index is 0.0389. The van der Waals surface area contributed by atoms with Crippen molar-refractivity contribution in [3.63, 3.8) is 0 Å². The first-order valence-electron chi connectivity index (χ1n) is 10.1. The first-order valence-corrected chi connectivity index (χ1v) is 10.1. The third-order valence-corrected chi connectivity index (χ3v) is 5.96. The van der Waals surface area contributed by atoms with Crippen molar-refractivity contribution in [3.8, 4) is 0 Å². The van der Waals surface area contributed by atoms with Gasteiger partial charge in [-0.15, -0.1) is 0 Å². The van der Waals surface area contributed by atoms with Gasteiger partial charge in [-0.25, -0.2) is 4.98 Å². The van der Waals surface area contributed by atoms with Crippen LogP contribution in [0.2, 0.25) is 0 Å². The predicted molar refractivity (Wildman–Crippen MR) is 104 cm³/mol. The highest BCUT2D eigenvalue weighted by atomic mass is 16.2. The molecule has 27 heavy (non-hydrogen) atoms. The lowest BCUT2D eigenvalue weighted by molar-refractivity contribution is -0.130. The molecule has 1 saturated heterocycles. The van der Waals surface area contributed by atoms with Crippen LogP contribution in [-0.2, 0) is 9.59 Å². The summed E-state index contributed by atoms with van der Waals surface area (Å²) in [6, 6.07) is 8.02. The molecule has 2 fully saturated rings. The number of carbonyl (C=O) groups is 2. The number of aromatic amines is 1. The molecule has 0 radical (unpaired) electrons. The van der Waals surface area contributed by atoms with Crippen molar-refractivity contribution in [1.82, 2.24) is 20.2 Å². The van der Waals surface area contributed by atoms with Gasteiger partial charge in [0.25, 0.3) is 0 Å². The van der Waals surface area contributed by atoms with Gasteiger partial charge in [-0.05, 0) is 30.9 Å². The largest absolute Gasteiger partial charge is 0.346 e. The van der Waals surface area contributed by atoms with Gasteiger partial charge in [-0.2, -0.15) is 0 Å². The summed E-state index contributed by atoms with van der Waals surface area (Å²) >= 11 is 0. The summed E-state index contributed by atoms with van der Waals surface area (Å²) < 4.78 is 0. The van der Waals surface area contributed by atoms with Gasteiger partial charge in [0.1, 0.15) is 5.82 Å². The number of H-pyrrole nitrogens is 1. The van der Waals surface area contributed by atoms with Gasteiger partial charge in [-0.3, -0.25) is 9.59 Å². The van der Waals surface area contributed by atoms with E-state index in [1.54, 1.807) is 0 Å². The minimum Gasteiger partial charge on any atom is -0.346 e. The zero-order chi connectivity index (χ0) is 19.0. The van der Waals surface area contributed by atoms with E-state index in [1.165, 1.54) is 12.8 Å². The van der Waals surface area contributed by atoms with Crippen LogP contribution in [-0.4, -0.2) is 39.3 Å². The molecule has 0 spiro atoms. The number of carbonyl (C=O) groups excluding carboxylic acids is 2. The van der Waals surface area contributed by atoms with Crippen molar-refractivity contribution < 1.29 is 9.59 Å². The second kappa shape index (κ2) is 7.33. The molecule has 1 aromatic carbocycles. The zero-order valence-corrected chi connectivity index (χ0v) is 16.1. The lowest BCUT2D eigenvalue weighted by Crippen LogP contribution is -2.39. The van der Waals surface area contributed by atoms with Gasteiger partial charge in [0.2, 0.25) is 11.8 Å². The molecule has 2 N–H and O–H groups in total. The molecule has 2 aromatic rings. The Labute approximate surface area is 159 Å². The van der Waals surface area contributed by atoms with E-state index in [1.807, 2.05) is 29.2 Å². The average Bonchev–Trinajstić information content (AvgIpc) is 3.37. The molecular formula is C21H28N4O2. The van der Waals surface area contributed by atoms with Crippen LogP contribution in [0.15, 0.2) is 24.3 Å². The summed E-state index contributed by atoms with van der Waals surface area (Å²) in [5, 5.41) is 3.16. The highest BCUT2D eigenvalue weighted by Gasteiger charge is 2.39. The number of likely N-dealkylation sites (tertiary alicyclic amines) is 1. The van der Waals surface area contributed by atoms with E-state index in [2.05, 4.69) is 29.1 Å². The van der Waals surface area contributed by atoms with Crippen molar-refractivity contribution in [2.45, 2.75) is 58.0 Å². The van der Waals surface area contributed by atoms with E-state index in [9.17, 15) is 9.59 Å². The fraction of sp³-hybridized carbons (Fsp3) is 0.571. The lowest BCUT2D eigenvalue weighted by atomic mass is 10.0. The molecule has 2 amide bonds. The van der Waals surface area contributed by atoms with Crippen molar-refractivity contribution >= 4 is 22.8 Å². The summed E-state index contributed by atoms with van der Waals surface area (Å²) in [6.07, 6.45) is 4.86. The van der Waals surface area contributed by atoms with Crippen molar-refractivity contribution in [3.05, 3.63) is 30.1 Å². The van der Waals surface area contributed by atoms with E-state index < -0.39 is 0 Å². The second-order valence-corrected chi connectivity index (χ2v) is 8.25. The third kappa shape index (κ3) is 3.57. The molecule has 2 atom stereocenters. The van der Waals surface area contributed by atoms with Crippen molar-refractivity contribution in [1.29, 1.82) is 0 Å². The Kier molecular flexibility index (Phi) is 4.89. The SMILES string of the molecule is CC(C)[C@@H](NC(=O)[C@@H]1CC(=O)N(C2CCCC2)C1)c1nc2ccccc2[nH]1. The Morgan fingerprint density at radius 1 is 1.26 bits per heavy atom. The summed E-state index contributed by atoms with van der Waals surface area (Å²) in [5.74, 6) is 0.799. The molecular weight excluding hydrogens is 340 g/mol. The number of fused-ring (bicyclic) bond motifs is 1. The van der Waals surface area contributed by atoms with E-state index in [0.717, 1.165) is 29.7 Å². The molecule has 2 heterocycles. The molecule has 144 valence electrons. The van der Waals surface area contributed by atoms with Crippen LogP contribution < -0.4 is 5.32 Å². The number of nitrogens with one attached hydrogen (secondary N) is 2. The zero-order valence-electron chi connectivity index (χ0n) is 16.1. The fourth-order valence-corrected chi connectivity index (χ4v) is 4.42. The van der Waals surface area contributed by atoms with E-state index in [4.69, 9.17) is 0 Å². The molecule has 6 nitrogen and oxygen atoms in total. The second-order valence-electron chi connectivity index (χ2n) is 8.25. The number of amides is 2. The maximum absolute atomic E-state index is 12.9. The number of hydrogen-bond donors (Lipinski definition) is 2. The molecule has 1 aliphatic carbocycles. The smallest absolute Gasteiger partial charge is 0.226 e. The first kappa shape index (κ1) is 18.0. The van der Waals surface area contributed by atoms with Gasteiger partial charge < -0.3 is 15.2 Å². The molecule has 6 heteroatoms. The van der Waals surface area contributed by atoms with Gasteiger partial charge >= 0.3 is 0 Å². The third-order valence-electron chi connectivity index (χ3n) is 5.96. The monoisotopic (exact) mass is 368 g/mol. The summed E-state index contributed by atoms with van der Waals surface area (Å²) in [6.45, 7) is 4.70. The highest BCUT2D eigenvalue weighted by molar-refractivity contribution is 5.89. The molecule has 1 aromatic heterocycles. The van der Waals surface area contributed by atoms with Crippen LogP contribution >= 0.6 is 0 Å². The summed E-state index contributed by atoms with van der Waals surface area (Å²) in [4.78, 5) is 35.3. The van der Waals surface area contributed by atoms with Crippen molar-refractivity contribution in [2.24, 2.45) is 11.8 Å². The lowest BCUT2D eigenvalue weighted by Gasteiger charge is -2.25. The number of hydrogen-bond acceptors (Lipinski definition) is 3. The number of nitrogens with zero attached hydrogens (tertiary/aromatic N) is 2. The Morgan fingerprint density at radius 3 is 2.70 bits per heavy atom. The number of para-hydroxylation sites is 2. The minimum atomic E-state index is -0.260. The Morgan fingerprint density at radius 2 is 2.00 bits per heavy atom. The first-order chi connectivity index (χ1) is 13.0. The normalized spacial score (nSPS) is 22.1. The van der Waals surface area contributed by atoms with Crippen molar-refractivity contribution in [2.75, 3.05) is 6.54 Å². The van der Waals surface area contributed by atoms with Crippen LogP contribution in [0, 0.1) is 11.8 Å². The maximum atomic E-state index is 12.9. The predicted octanol–water partition coefficient (Wildman–Crippen LogP) is 3.17. The van der Waals surface area contributed by atoms with E-state index in [0.29, 0.717) is 19.0 Å². The molecule has 4 rings (SSSR count). The molecule has 1 aliphatic heterocycles. The summed E-state index contributed by atoms with van der Waals surface area (Å²) in [5.41, 5.74) is 1.87. The molecule has 2 aliphatic rings. The Hall–Kier alpha value is -2.37. The fourth-order valence-electron chi connectivity index (χ4n) is 4.42. The Balaban J connectivity index is 1.47. The van der Waals surface area contributed by atoms with Gasteiger partial charge in [0.15, 0.2) is 0 Å². The maximum Gasteiger partial charge on any atom is 0.226 e. The van der Waals surface area contributed by atoms with Crippen LogP contribution in [0.25, 0.3) is 11.0 Å². The number of imidazole rings is 1.